The van der Waals surface area contributed by atoms with Gasteiger partial charge < -0.3 is 5.11 Å². The summed E-state index contributed by atoms with van der Waals surface area (Å²) in [6.45, 7) is 0.260. The summed E-state index contributed by atoms with van der Waals surface area (Å²) in [6.07, 6.45) is -4.25. The van der Waals surface area contributed by atoms with Gasteiger partial charge in [-0.05, 0) is 6.42 Å². The topological polar surface area (TPSA) is 86.7 Å². The van der Waals surface area contributed by atoms with Crippen molar-refractivity contribution >= 4 is 16.2 Å². The summed E-state index contributed by atoms with van der Waals surface area (Å²) in [5.41, 5.74) is 0. The highest BCUT2D eigenvalue weighted by molar-refractivity contribution is 7.87. The fourth-order valence-corrected chi connectivity index (χ4v) is 3.23. The van der Waals surface area contributed by atoms with Crippen LogP contribution in [0.3, 0.4) is 0 Å². The van der Waals surface area contributed by atoms with Gasteiger partial charge in [0.2, 0.25) is 0 Å². The summed E-state index contributed by atoms with van der Waals surface area (Å²) in [4.78, 5) is 10.8. The van der Waals surface area contributed by atoms with Crippen LogP contribution in [-0.4, -0.2) is 49.6 Å². The number of carbonyl (C=O) groups is 1. The van der Waals surface area contributed by atoms with Crippen LogP contribution in [0.25, 0.3) is 0 Å². The molecular weight excluding hydrogens is 289 g/mol. The highest BCUT2D eigenvalue weighted by Gasteiger charge is 2.54. The number of halogens is 3. The molecule has 1 saturated heterocycles. The molecule has 2 atom stereocenters. The summed E-state index contributed by atoms with van der Waals surface area (Å²) < 4.78 is 64.1. The van der Waals surface area contributed by atoms with E-state index in [1.54, 1.807) is 6.92 Å². The zero-order chi connectivity index (χ0) is 14.8. The maximum Gasteiger partial charge on any atom is 0.393 e. The molecule has 1 heterocycles. The maximum absolute atomic E-state index is 12.7. The Bertz CT molecular complexity index is 437. The van der Waals surface area contributed by atoms with E-state index in [1.807, 2.05) is 0 Å². The smallest absolute Gasteiger partial charge is 0.393 e. The molecule has 2 N–H and O–H groups in total. The summed E-state index contributed by atoms with van der Waals surface area (Å²) in [5, 5.41) is 8.76. The van der Waals surface area contributed by atoms with Gasteiger partial charge in [-0.15, -0.1) is 0 Å². The second kappa shape index (κ2) is 5.63. The van der Waals surface area contributed by atoms with E-state index in [9.17, 15) is 26.4 Å². The standard InChI is InChI=1S/C9H15F3N2O4S/c1-2-3-13-19(17,18)14-4-6(8(15)16)7(5-14)9(10,11)12/h6-7,13H,2-5H2,1H3,(H,15,16)/t6-,7-/m1/s1. The lowest BCUT2D eigenvalue weighted by atomic mass is 9.96. The normalized spacial score (nSPS) is 25.7. The predicted octanol–water partition coefficient (Wildman–Crippen LogP) is 0.426. The number of nitrogens with one attached hydrogen (secondary N) is 1. The van der Waals surface area contributed by atoms with Crippen LogP contribution < -0.4 is 4.72 Å². The molecule has 19 heavy (non-hydrogen) atoms. The highest BCUT2D eigenvalue weighted by Crippen LogP contribution is 2.38. The van der Waals surface area contributed by atoms with Gasteiger partial charge in [-0.1, -0.05) is 6.92 Å². The lowest BCUT2D eigenvalue weighted by Crippen LogP contribution is -2.40. The molecular formula is C9H15F3N2O4S. The summed E-state index contributed by atoms with van der Waals surface area (Å²) in [6, 6.07) is 0. The van der Waals surface area contributed by atoms with Gasteiger partial charge in [0.1, 0.15) is 0 Å². The third kappa shape index (κ3) is 3.80. The molecule has 10 heteroatoms. The van der Waals surface area contributed by atoms with E-state index >= 15 is 0 Å². The lowest BCUT2D eigenvalue weighted by molar-refractivity contribution is -0.187. The molecule has 0 spiro atoms. The van der Waals surface area contributed by atoms with Crippen LogP contribution in [0.2, 0.25) is 0 Å². The van der Waals surface area contributed by atoms with Gasteiger partial charge in [0.05, 0.1) is 11.8 Å². The van der Waals surface area contributed by atoms with Crippen LogP contribution in [0.1, 0.15) is 13.3 Å². The number of alkyl halides is 3. The monoisotopic (exact) mass is 304 g/mol. The zero-order valence-corrected chi connectivity index (χ0v) is 11.0. The van der Waals surface area contributed by atoms with Gasteiger partial charge in [0.15, 0.2) is 0 Å². The van der Waals surface area contributed by atoms with Gasteiger partial charge in [-0.25, -0.2) is 4.72 Å². The minimum absolute atomic E-state index is 0.0905. The maximum atomic E-state index is 12.7. The van der Waals surface area contributed by atoms with E-state index < -0.39 is 47.3 Å². The van der Waals surface area contributed by atoms with Crippen LogP contribution in [0, 0.1) is 11.8 Å². The van der Waals surface area contributed by atoms with Crippen molar-refractivity contribution in [3.05, 3.63) is 0 Å². The van der Waals surface area contributed by atoms with E-state index in [0.29, 0.717) is 10.7 Å². The van der Waals surface area contributed by atoms with Crippen molar-refractivity contribution in [3.8, 4) is 0 Å². The largest absolute Gasteiger partial charge is 0.481 e. The van der Waals surface area contributed by atoms with Crippen LogP contribution >= 0.6 is 0 Å². The molecule has 1 rings (SSSR count). The minimum atomic E-state index is -4.74. The lowest BCUT2D eigenvalue weighted by Gasteiger charge is -2.18. The number of aliphatic carboxylic acids is 1. The van der Waals surface area contributed by atoms with Gasteiger partial charge in [0, 0.05) is 19.6 Å². The Labute approximate surface area is 108 Å². The average Bonchev–Trinajstić information content (AvgIpc) is 2.71. The van der Waals surface area contributed by atoms with E-state index in [0.717, 1.165) is 0 Å². The van der Waals surface area contributed by atoms with Gasteiger partial charge >= 0.3 is 12.1 Å². The van der Waals surface area contributed by atoms with Crippen molar-refractivity contribution in [1.29, 1.82) is 0 Å². The zero-order valence-electron chi connectivity index (χ0n) is 10.1. The van der Waals surface area contributed by atoms with Crippen LogP contribution in [0.4, 0.5) is 13.2 Å². The molecule has 1 fully saturated rings. The Morgan fingerprint density at radius 3 is 2.37 bits per heavy atom. The van der Waals surface area contributed by atoms with Crippen LogP contribution in [0.15, 0.2) is 0 Å². The fourth-order valence-electron chi connectivity index (χ4n) is 1.87. The van der Waals surface area contributed by atoms with Crippen molar-refractivity contribution in [2.24, 2.45) is 11.8 Å². The number of carboxylic acid groups (broad SMARTS) is 1. The first-order valence-electron chi connectivity index (χ1n) is 5.64. The van der Waals surface area contributed by atoms with E-state index in [2.05, 4.69) is 4.72 Å². The van der Waals surface area contributed by atoms with Crippen molar-refractivity contribution in [2.45, 2.75) is 19.5 Å². The van der Waals surface area contributed by atoms with Crippen molar-refractivity contribution < 1.29 is 31.5 Å². The van der Waals surface area contributed by atoms with E-state index in [-0.39, 0.29) is 6.54 Å². The molecule has 0 bridgehead atoms. The number of carboxylic acids is 1. The summed E-state index contributed by atoms with van der Waals surface area (Å²) >= 11 is 0. The Balaban J connectivity index is 2.90. The van der Waals surface area contributed by atoms with Gasteiger partial charge in [-0.3, -0.25) is 4.79 Å². The minimum Gasteiger partial charge on any atom is -0.481 e. The van der Waals surface area contributed by atoms with Crippen molar-refractivity contribution in [2.75, 3.05) is 19.6 Å². The highest BCUT2D eigenvalue weighted by atomic mass is 32.2. The van der Waals surface area contributed by atoms with Crippen molar-refractivity contribution in [1.82, 2.24) is 9.03 Å². The van der Waals surface area contributed by atoms with Gasteiger partial charge in [-0.2, -0.15) is 25.9 Å². The first-order chi connectivity index (χ1) is 8.59. The quantitative estimate of drug-likeness (QED) is 0.771. The average molecular weight is 304 g/mol. The molecule has 0 aromatic carbocycles. The SMILES string of the molecule is CCCNS(=O)(=O)N1C[C@@H](C(F)(F)F)[C@H](C(=O)O)C1. The number of rotatable bonds is 5. The molecule has 0 aliphatic carbocycles. The molecule has 0 radical (unpaired) electrons. The summed E-state index contributed by atoms with van der Waals surface area (Å²) in [7, 11) is -4.06. The van der Waals surface area contributed by atoms with E-state index in [4.69, 9.17) is 5.11 Å². The van der Waals surface area contributed by atoms with E-state index in [1.165, 1.54) is 0 Å². The number of hydrogen-bond acceptors (Lipinski definition) is 3. The number of nitrogens with zero attached hydrogens (tertiary/aromatic N) is 1. The molecule has 0 unspecified atom stereocenters. The first-order valence-corrected chi connectivity index (χ1v) is 7.08. The first kappa shape index (κ1) is 16.2. The molecule has 112 valence electrons. The van der Waals surface area contributed by atoms with Crippen molar-refractivity contribution in [3.63, 3.8) is 0 Å². The Morgan fingerprint density at radius 1 is 1.42 bits per heavy atom. The molecule has 0 aromatic heterocycles. The third-order valence-corrected chi connectivity index (χ3v) is 4.45. The molecule has 1 aliphatic heterocycles. The Kier molecular flexibility index (Phi) is 4.80. The molecule has 6 nitrogen and oxygen atoms in total. The Morgan fingerprint density at radius 2 is 2.00 bits per heavy atom. The fraction of sp³-hybridized carbons (Fsp3) is 0.889. The second-order valence-electron chi connectivity index (χ2n) is 4.31. The predicted molar refractivity (Wildman–Crippen MR) is 59.5 cm³/mol. The molecule has 0 amide bonds. The van der Waals surface area contributed by atoms with Crippen LogP contribution in [-0.2, 0) is 15.0 Å². The van der Waals surface area contributed by atoms with Crippen LogP contribution in [0.5, 0.6) is 0 Å². The second-order valence-corrected chi connectivity index (χ2v) is 6.06. The van der Waals surface area contributed by atoms with Gasteiger partial charge in [0.25, 0.3) is 10.2 Å². The summed E-state index contributed by atoms with van der Waals surface area (Å²) in [5.74, 6) is -5.59. The Hall–Kier alpha value is -0.870. The third-order valence-electron chi connectivity index (χ3n) is 2.90. The molecule has 0 aromatic rings. The number of hydrogen-bond donors (Lipinski definition) is 2. The molecule has 0 saturated carbocycles. The molecule has 1 aliphatic rings.